The van der Waals surface area contributed by atoms with E-state index in [9.17, 15) is 9.90 Å². The van der Waals surface area contributed by atoms with Crippen LogP contribution in [-0.4, -0.2) is 35.6 Å². The van der Waals surface area contributed by atoms with Crippen molar-refractivity contribution >= 4 is 5.97 Å². The van der Waals surface area contributed by atoms with Crippen LogP contribution in [0.4, 0.5) is 0 Å². The number of aryl methyl sites for hydroxylation is 1. The van der Waals surface area contributed by atoms with Gasteiger partial charge in [0.25, 0.3) is 0 Å². The number of carboxylic acids is 1. The van der Waals surface area contributed by atoms with E-state index in [0.29, 0.717) is 17.4 Å². The van der Waals surface area contributed by atoms with Gasteiger partial charge in [0.2, 0.25) is 5.69 Å². The molecule has 2 unspecified atom stereocenters. The van der Waals surface area contributed by atoms with E-state index < -0.39 is 5.97 Å². The van der Waals surface area contributed by atoms with E-state index in [2.05, 4.69) is 22.2 Å². The first-order chi connectivity index (χ1) is 10.1. The molecule has 0 bridgehead atoms. The lowest BCUT2D eigenvalue weighted by atomic mass is 9.87. The average molecular weight is 289 g/mol. The second-order valence-electron chi connectivity index (χ2n) is 5.82. The molecule has 2 heterocycles. The monoisotopic (exact) mass is 289 g/mol. The van der Waals surface area contributed by atoms with Crippen molar-refractivity contribution in [2.45, 2.75) is 38.6 Å². The minimum absolute atomic E-state index is 0.0254. The predicted molar refractivity (Wildman–Crippen MR) is 75.9 cm³/mol. The van der Waals surface area contributed by atoms with E-state index in [1.807, 2.05) is 7.05 Å². The van der Waals surface area contributed by atoms with Crippen LogP contribution in [0, 0.1) is 5.92 Å². The fourth-order valence-electron chi connectivity index (χ4n) is 3.12. The van der Waals surface area contributed by atoms with Gasteiger partial charge in [0.05, 0.1) is 6.04 Å². The van der Waals surface area contributed by atoms with Crippen molar-refractivity contribution in [1.82, 2.24) is 24.5 Å². The van der Waals surface area contributed by atoms with Gasteiger partial charge in [-0.3, -0.25) is 0 Å². The topological polar surface area (TPSA) is 85.8 Å². The molecule has 0 radical (unpaired) electrons. The Morgan fingerprint density at radius 3 is 2.86 bits per heavy atom. The smallest absolute Gasteiger partial charge is 0.358 e. The summed E-state index contributed by atoms with van der Waals surface area (Å²) in [6.45, 7) is 2.22. The molecule has 112 valence electrons. The molecule has 1 fully saturated rings. The fraction of sp³-hybridized carbons (Fsp3) is 0.571. The van der Waals surface area contributed by atoms with Gasteiger partial charge >= 0.3 is 5.97 Å². The van der Waals surface area contributed by atoms with Crippen molar-refractivity contribution in [3.63, 3.8) is 0 Å². The molecule has 2 atom stereocenters. The Morgan fingerprint density at radius 2 is 2.24 bits per heavy atom. The Hall–Kier alpha value is -2.18. The van der Waals surface area contributed by atoms with Crippen LogP contribution in [-0.2, 0) is 7.05 Å². The number of carboxylic acid groups (broad SMARTS) is 1. The van der Waals surface area contributed by atoms with Gasteiger partial charge in [0.1, 0.15) is 5.69 Å². The van der Waals surface area contributed by atoms with Crippen LogP contribution in [0.25, 0.3) is 11.5 Å². The van der Waals surface area contributed by atoms with Gasteiger partial charge in [-0.1, -0.05) is 25.0 Å². The Bertz CT molecular complexity index is 660. The van der Waals surface area contributed by atoms with Gasteiger partial charge in [-0.25, -0.2) is 14.5 Å². The maximum atomic E-state index is 11.4. The summed E-state index contributed by atoms with van der Waals surface area (Å²) in [6, 6.07) is 0.195. The summed E-state index contributed by atoms with van der Waals surface area (Å²) in [5.74, 6) is 0.147. The van der Waals surface area contributed by atoms with E-state index in [4.69, 9.17) is 0 Å². The molecule has 7 heteroatoms. The summed E-state index contributed by atoms with van der Waals surface area (Å²) >= 11 is 0. The molecule has 2 aromatic rings. The molecular weight excluding hydrogens is 270 g/mol. The van der Waals surface area contributed by atoms with Crippen molar-refractivity contribution in [3.05, 3.63) is 18.1 Å². The number of nitrogens with zero attached hydrogens (tertiary/aromatic N) is 5. The summed E-state index contributed by atoms with van der Waals surface area (Å²) in [7, 11) is 1.84. The molecule has 1 aliphatic rings. The lowest BCUT2D eigenvalue weighted by Crippen LogP contribution is -2.20. The largest absolute Gasteiger partial charge is 0.476 e. The Kier molecular flexibility index (Phi) is 3.48. The molecule has 0 aromatic carbocycles. The normalized spacial score (nSPS) is 22.4. The number of carbonyl (C=O) groups is 1. The molecule has 1 saturated carbocycles. The Balaban J connectivity index is 2.09. The molecule has 2 aromatic heterocycles. The molecule has 1 aliphatic carbocycles. The fourth-order valence-corrected chi connectivity index (χ4v) is 3.12. The average Bonchev–Trinajstić information content (AvgIpc) is 3.04. The minimum Gasteiger partial charge on any atom is -0.476 e. The summed E-state index contributed by atoms with van der Waals surface area (Å²) in [6.07, 6.45) is 7.80. The predicted octanol–water partition coefficient (Wildman–Crippen LogP) is 2.13. The van der Waals surface area contributed by atoms with Gasteiger partial charge in [-0.2, -0.15) is 0 Å². The van der Waals surface area contributed by atoms with Crippen LogP contribution >= 0.6 is 0 Å². The van der Waals surface area contributed by atoms with Crippen molar-refractivity contribution < 1.29 is 9.90 Å². The van der Waals surface area contributed by atoms with Crippen LogP contribution in [0.1, 0.15) is 49.1 Å². The molecule has 21 heavy (non-hydrogen) atoms. The Morgan fingerprint density at radius 1 is 1.43 bits per heavy atom. The van der Waals surface area contributed by atoms with E-state index in [1.165, 1.54) is 6.42 Å². The molecule has 0 amide bonds. The lowest BCUT2D eigenvalue weighted by molar-refractivity contribution is 0.0691. The number of hydrogen-bond donors (Lipinski definition) is 1. The van der Waals surface area contributed by atoms with E-state index in [1.54, 1.807) is 21.6 Å². The van der Waals surface area contributed by atoms with Crippen molar-refractivity contribution in [2.24, 2.45) is 13.0 Å². The summed E-state index contributed by atoms with van der Waals surface area (Å²) in [4.78, 5) is 15.7. The van der Waals surface area contributed by atoms with Gasteiger partial charge in [0.15, 0.2) is 5.82 Å². The van der Waals surface area contributed by atoms with E-state index >= 15 is 0 Å². The lowest BCUT2D eigenvalue weighted by Gasteiger charge is -2.27. The zero-order valence-corrected chi connectivity index (χ0v) is 12.2. The van der Waals surface area contributed by atoms with Crippen LogP contribution < -0.4 is 0 Å². The number of imidazole rings is 1. The number of hydrogen-bond acceptors (Lipinski definition) is 4. The maximum absolute atomic E-state index is 11.4. The molecule has 0 spiro atoms. The first kappa shape index (κ1) is 13.8. The minimum atomic E-state index is -1.07. The standard InChI is InChI=1S/C14H19N5O2/c1-9-4-3-5-10(8-9)19-12(11(14(20)21)16-17-19)13-15-6-7-18(13)2/h6-7,9-10H,3-5,8H2,1-2H3,(H,20,21). The summed E-state index contributed by atoms with van der Waals surface area (Å²) in [5, 5.41) is 17.4. The summed E-state index contributed by atoms with van der Waals surface area (Å²) in [5.41, 5.74) is 0.483. The van der Waals surface area contributed by atoms with Gasteiger partial charge in [-0.15, -0.1) is 5.10 Å². The first-order valence-electron chi connectivity index (χ1n) is 7.24. The first-order valence-corrected chi connectivity index (χ1v) is 7.24. The molecule has 1 N–H and O–H groups in total. The second kappa shape index (κ2) is 5.31. The van der Waals surface area contributed by atoms with E-state index in [-0.39, 0.29) is 11.7 Å². The van der Waals surface area contributed by atoms with Crippen molar-refractivity contribution in [2.75, 3.05) is 0 Å². The third-order valence-corrected chi connectivity index (χ3v) is 4.18. The molecule has 0 aliphatic heterocycles. The molecule has 3 rings (SSSR count). The highest BCUT2D eigenvalue weighted by molar-refractivity contribution is 5.91. The highest BCUT2D eigenvalue weighted by Gasteiger charge is 2.29. The van der Waals surface area contributed by atoms with Crippen LogP contribution in [0.5, 0.6) is 0 Å². The van der Waals surface area contributed by atoms with Gasteiger partial charge < -0.3 is 9.67 Å². The van der Waals surface area contributed by atoms with Crippen LogP contribution in [0.3, 0.4) is 0 Å². The highest BCUT2D eigenvalue weighted by atomic mass is 16.4. The van der Waals surface area contributed by atoms with Crippen molar-refractivity contribution in [3.8, 4) is 11.5 Å². The molecular formula is C14H19N5O2. The Labute approximate surface area is 122 Å². The number of rotatable bonds is 3. The third-order valence-electron chi connectivity index (χ3n) is 4.18. The van der Waals surface area contributed by atoms with Crippen LogP contribution in [0.2, 0.25) is 0 Å². The molecule has 0 saturated heterocycles. The number of aromatic carboxylic acids is 1. The quantitative estimate of drug-likeness (QED) is 0.935. The third kappa shape index (κ3) is 2.43. The SMILES string of the molecule is CC1CCCC(n2nnc(C(=O)O)c2-c2nccn2C)C1. The number of aromatic nitrogens is 5. The van der Waals surface area contributed by atoms with Gasteiger partial charge in [-0.05, 0) is 18.8 Å². The van der Waals surface area contributed by atoms with E-state index in [0.717, 1.165) is 19.3 Å². The second-order valence-corrected chi connectivity index (χ2v) is 5.82. The summed E-state index contributed by atoms with van der Waals surface area (Å²) < 4.78 is 3.56. The van der Waals surface area contributed by atoms with Crippen LogP contribution in [0.15, 0.2) is 12.4 Å². The highest BCUT2D eigenvalue weighted by Crippen LogP contribution is 2.35. The maximum Gasteiger partial charge on any atom is 0.358 e. The molecule has 7 nitrogen and oxygen atoms in total. The zero-order chi connectivity index (χ0) is 15.0. The zero-order valence-electron chi connectivity index (χ0n) is 12.2. The van der Waals surface area contributed by atoms with Gasteiger partial charge in [0, 0.05) is 19.4 Å². The van der Waals surface area contributed by atoms with Crippen molar-refractivity contribution in [1.29, 1.82) is 0 Å².